The van der Waals surface area contributed by atoms with Gasteiger partial charge in [-0.2, -0.15) is 0 Å². The second kappa shape index (κ2) is 12.3. The molecule has 10 rings (SSSR count). The maximum atomic E-state index is 6.20. The third-order valence-corrected chi connectivity index (χ3v) is 11.1. The van der Waals surface area contributed by atoms with Crippen LogP contribution in [0.5, 0.6) is 0 Å². The molecule has 0 amide bonds. The van der Waals surface area contributed by atoms with E-state index in [9.17, 15) is 0 Å². The zero-order valence-electron chi connectivity index (χ0n) is 29.8. The first-order valence-electron chi connectivity index (χ1n) is 18.3. The summed E-state index contributed by atoms with van der Waals surface area (Å²) in [4.78, 5) is 2.41. The van der Waals surface area contributed by atoms with Crippen LogP contribution < -0.4 is 4.90 Å². The van der Waals surface area contributed by atoms with Crippen LogP contribution >= 0.6 is 0 Å². The minimum absolute atomic E-state index is 0.111. The monoisotopic (exact) mass is 679 g/mol. The quantitative estimate of drug-likeness (QED) is 0.174. The van der Waals surface area contributed by atoms with E-state index in [1.54, 1.807) is 0 Å². The number of rotatable bonds is 6. The second-order valence-corrected chi connectivity index (χ2v) is 14.6. The summed E-state index contributed by atoms with van der Waals surface area (Å²) in [7, 11) is 0. The van der Waals surface area contributed by atoms with Gasteiger partial charge in [-0.25, -0.2) is 0 Å². The van der Waals surface area contributed by atoms with Gasteiger partial charge in [-0.1, -0.05) is 147 Å². The van der Waals surface area contributed by atoms with E-state index in [1.807, 2.05) is 12.1 Å². The van der Waals surface area contributed by atoms with E-state index in [-0.39, 0.29) is 5.41 Å². The molecule has 0 spiro atoms. The molecule has 8 aromatic carbocycles. The molecule has 252 valence electrons. The Labute approximate surface area is 310 Å². The summed E-state index contributed by atoms with van der Waals surface area (Å²) in [5.41, 5.74) is 17.5. The summed E-state index contributed by atoms with van der Waals surface area (Å²) < 4.78 is 6.20. The summed E-state index contributed by atoms with van der Waals surface area (Å²) in [6.45, 7) is 4.70. The number of fused-ring (bicyclic) bond motifs is 6. The van der Waals surface area contributed by atoms with Crippen molar-refractivity contribution in [3.05, 3.63) is 199 Å². The molecule has 1 aliphatic carbocycles. The molecule has 0 bridgehead atoms. The molecule has 0 radical (unpaired) electrons. The molecular weight excluding hydrogens is 643 g/mol. The molecule has 0 saturated heterocycles. The molecule has 0 unspecified atom stereocenters. The van der Waals surface area contributed by atoms with Crippen molar-refractivity contribution in [1.29, 1.82) is 0 Å². The average Bonchev–Trinajstić information content (AvgIpc) is 3.70. The Kier molecular flexibility index (Phi) is 7.19. The number of hydrogen-bond acceptors (Lipinski definition) is 2. The van der Waals surface area contributed by atoms with Crippen molar-refractivity contribution in [2.75, 3.05) is 4.90 Å². The van der Waals surface area contributed by atoms with Crippen molar-refractivity contribution >= 4 is 39.0 Å². The van der Waals surface area contributed by atoms with Gasteiger partial charge in [-0.15, -0.1) is 0 Å². The molecule has 0 N–H and O–H groups in total. The van der Waals surface area contributed by atoms with E-state index in [0.29, 0.717) is 0 Å². The standard InChI is InChI=1S/C51H37NO/c1-51(2)47-19-11-9-17-42(47)43-29-27-40(33-48(43)51)52(38-24-21-35(22-25-38)34-13-5-3-6-14-34)39-26-28-41(45(32-39)36-15-7-4-8-16-36)37-23-30-50-46(31-37)44-18-10-12-20-49(44)53-50/h3-33H,1-2H3. The fraction of sp³-hybridized carbons (Fsp3) is 0.0588. The van der Waals surface area contributed by atoms with Gasteiger partial charge in [0.2, 0.25) is 0 Å². The molecule has 53 heavy (non-hydrogen) atoms. The maximum Gasteiger partial charge on any atom is 0.135 e. The number of nitrogens with zero attached hydrogens (tertiary/aromatic N) is 1. The lowest BCUT2D eigenvalue weighted by molar-refractivity contribution is 0.660. The van der Waals surface area contributed by atoms with Crippen molar-refractivity contribution in [2.24, 2.45) is 0 Å². The summed E-state index contributed by atoms with van der Waals surface area (Å²) in [6.07, 6.45) is 0. The highest BCUT2D eigenvalue weighted by atomic mass is 16.3. The van der Waals surface area contributed by atoms with E-state index in [4.69, 9.17) is 4.42 Å². The van der Waals surface area contributed by atoms with Crippen LogP contribution in [0.25, 0.3) is 66.4 Å². The lowest BCUT2D eigenvalue weighted by Gasteiger charge is -2.29. The number of hydrogen-bond donors (Lipinski definition) is 0. The SMILES string of the molecule is CC1(C)c2ccccc2-c2ccc(N(c3ccc(-c4ccccc4)cc3)c3ccc(-c4ccc5oc6ccccc6c5c4)c(-c4ccccc4)c3)cc21. The molecule has 1 aromatic heterocycles. The van der Waals surface area contributed by atoms with E-state index in [2.05, 4.69) is 195 Å². The van der Waals surface area contributed by atoms with E-state index >= 15 is 0 Å². The van der Waals surface area contributed by atoms with Gasteiger partial charge in [0.15, 0.2) is 0 Å². The summed E-state index contributed by atoms with van der Waals surface area (Å²) in [5.74, 6) is 0. The fourth-order valence-electron chi connectivity index (χ4n) is 8.39. The van der Waals surface area contributed by atoms with Crippen LogP contribution in [0.4, 0.5) is 17.1 Å². The number of anilines is 3. The van der Waals surface area contributed by atoms with Crippen LogP contribution in [-0.2, 0) is 5.41 Å². The summed E-state index contributed by atoms with van der Waals surface area (Å²) in [5, 5.41) is 2.26. The minimum atomic E-state index is -0.111. The van der Waals surface area contributed by atoms with Crippen LogP contribution in [0.3, 0.4) is 0 Å². The third-order valence-electron chi connectivity index (χ3n) is 11.1. The van der Waals surface area contributed by atoms with Crippen LogP contribution in [0, 0.1) is 0 Å². The highest BCUT2D eigenvalue weighted by molar-refractivity contribution is 6.07. The van der Waals surface area contributed by atoms with Gasteiger partial charge in [0.05, 0.1) is 0 Å². The van der Waals surface area contributed by atoms with E-state index in [1.165, 1.54) is 50.1 Å². The highest BCUT2D eigenvalue weighted by Crippen LogP contribution is 2.51. The largest absolute Gasteiger partial charge is 0.456 e. The lowest BCUT2D eigenvalue weighted by Crippen LogP contribution is -2.16. The molecule has 2 nitrogen and oxygen atoms in total. The Bertz CT molecular complexity index is 2790. The van der Waals surface area contributed by atoms with E-state index in [0.717, 1.165) is 44.6 Å². The topological polar surface area (TPSA) is 16.4 Å². The van der Waals surface area contributed by atoms with Gasteiger partial charge in [0.1, 0.15) is 11.2 Å². The zero-order valence-corrected chi connectivity index (χ0v) is 29.8. The first-order chi connectivity index (χ1) is 26.0. The highest BCUT2D eigenvalue weighted by Gasteiger charge is 2.35. The molecule has 0 fully saturated rings. The number of furan rings is 1. The Balaban J connectivity index is 1.16. The second-order valence-electron chi connectivity index (χ2n) is 14.6. The third kappa shape index (κ3) is 5.18. The van der Waals surface area contributed by atoms with Crippen LogP contribution in [-0.4, -0.2) is 0 Å². The Morgan fingerprint density at radius 2 is 0.925 bits per heavy atom. The van der Waals surface area contributed by atoms with Crippen molar-refractivity contribution in [1.82, 2.24) is 0 Å². The van der Waals surface area contributed by atoms with Gasteiger partial charge in [0.25, 0.3) is 0 Å². The van der Waals surface area contributed by atoms with Gasteiger partial charge in [0, 0.05) is 33.2 Å². The predicted octanol–water partition coefficient (Wildman–Crippen LogP) is 14.4. The zero-order chi connectivity index (χ0) is 35.5. The maximum absolute atomic E-state index is 6.20. The molecule has 2 heteroatoms. The summed E-state index contributed by atoms with van der Waals surface area (Å²) in [6, 6.07) is 68.0. The molecule has 1 heterocycles. The van der Waals surface area contributed by atoms with Gasteiger partial charge in [-0.05, 0) is 110 Å². The molecule has 1 aliphatic rings. The summed E-state index contributed by atoms with van der Waals surface area (Å²) >= 11 is 0. The molecule has 0 saturated carbocycles. The first-order valence-corrected chi connectivity index (χ1v) is 18.3. The van der Waals surface area contributed by atoms with Crippen molar-refractivity contribution in [3.63, 3.8) is 0 Å². The predicted molar refractivity (Wildman–Crippen MR) is 222 cm³/mol. The van der Waals surface area contributed by atoms with Crippen LogP contribution in [0.15, 0.2) is 192 Å². The molecule has 0 atom stereocenters. The van der Waals surface area contributed by atoms with Crippen LogP contribution in [0.2, 0.25) is 0 Å². The van der Waals surface area contributed by atoms with Crippen molar-refractivity contribution < 1.29 is 4.42 Å². The van der Waals surface area contributed by atoms with Crippen LogP contribution in [0.1, 0.15) is 25.0 Å². The lowest BCUT2D eigenvalue weighted by atomic mass is 9.82. The Morgan fingerprint density at radius 1 is 0.358 bits per heavy atom. The molecule has 9 aromatic rings. The number of para-hydroxylation sites is 1. The molecular formula is C51H37NO. The van der Waals surface area contributed by atoms with Gasteiger partial charge >= 0.3 is 0 Å². The van der Waals surface area contributed by atoms with Gasteiger partial charge in [-0.3, -0.25) is 0 Å². The van der Waals surface area contributed by atoms with E-state index < -0.39 is 0 Å². The number of benzene rings is 8. The average molecular weight is 680 g/mol. The van der Waals surface area contributed by atoms with Crippen molar-refractivity contribution in [3.8, 4) is 44.5 Å². The Hall–Kier alpha value is -6.64. The van der Waals surface area contributed by atoms with Crippen molar-refractivity contribution in [2.45, 2.75) is 19.3 Å². The molecule has 0 aliphatic heterocycles. The smallest absolute Gasteiger partial charge is 0.135 e. The fourth-order valence-corrected chi connectivity index (χ4v) is 8.39. The Morgan fingerprint density at radius 3 is 1.72 bits per heavy atom. The normalized spacial score (nSPS) is 12.9. The van der Waals surface area contributed by atoms with Gasteiger partial charge < -0.3 is 9.32 Å². The first kappa shape index (κ1) is 31.1. The minimum Gasteiger partial charge on any atom is -0.456 e.